The Hall–Kier alpha value is -4.18. The fourth-order valence-electron chi connectivity index (χ4n) is 5.03. The molecule has 208 valence electrons. The van der Waals surface area contributed by atoms with Crippen LogP contribution < -0.4 is 15.0 Å². The van der Waals surface area contributed by atoms with Gasteiger partial charge in [-0.2, -0.15) is 4.98 Å². The predicted octanol–water partition coefficient (Wildman–Crippen LogP) is 5.22. The summed E-state index contributed by atoms with van der Waals surface area (Å²) in [6.07, 6.45) is 4.14. The van der Waals surface area contributed by atoms with Gasteiger partial charge in [-0.25, -0.2) is 8.42 Å². The first-order valence-electron chi connectivity index (χ1n) is 13.3. The molecule has 10 heteroatoms. The highest BCUT2D eigenvalue weighted by molar-refractivity contribution is 7.91. The van der Waals surface area contributed by atoms with Crippen molar-refractivity contribution in [3.8, 4) is 28.5 Å². The Morgan fingerprint density at radius 2 is 1.80 bits per heavy atom. The Kier molecular flexibility index (Phi) is 7.62. The van der Waals surface area contributed by atoms with Crippen molar-refractivity contribution in [2.24, 2.45) is 0 Å². The largest absolute Gasteiger partial charge is 0.493 e. The van der Waals surface area contributed by atoms with E-state index in [1.54, 1.807) is 24.4 Å². The van der Waals surface area contributed by atoms with E-state index in [1.165, 1.54) is 16.7 Å². The summed E-state index contributed by atoms with van der Waals surface area (Å²) < 4.78 is 40.1. The van der Waals surface area contributed by atoms with Crippen molar-refractivity contribution in [1.29, 1.82) is 0 Å². The lowest BCUT2D eigenvalue weighted by atomic mass is 10.0. The summed E-state index contributed by atoms with van der Waals surface area (Å²) in [5, 5.41) is 11.6. The Bertz CT molecular complexity index is 1710. The molecule has 0 bridgehead atoms. The number of ether oxygens (including phenoxy) is 2. The lowest BCUT2D eigenvalue weighted by Gasteiger charge is -2.25. The van der Waals surface area contributed by atoms with Gasteiger partial charge in [-0.1, -0.05) is 44.5 Å². The van der Waals surface area contributed by atoms with Crippen LogP contribution in [-0.2, 0) is 16.3 Å². The molecule has 3 heterocycles. The molecule has 0 fully saturated rings. The van der Waals surface area contributed by atoms with Gasteiger partial charge in [0.15, 0.2) is 16.4 Å². The first-order valence-corrected chi connectivity index (χ1v) is 14.8. The predicted molar refractivity (Wildman–Crippen MR) is 150 cm³/mol. The molecule has 1 atom stereocenters. The smallest absolute Gasteiger partial charge is 0.296 e. The van der Waals surface area contributed by atoms with E-state index >= 15 is 0 Å². The van der Waals surface area contributed by atoms with Crippen LogP contribution in [0.1, 0.15) is 56.2 Å². The maximum Gasteiger partial charge on any atom is 0.296 e. The van der Waals surface area contributed by atoms with Gasteiger partial charge in [-0.15, -0.1) is 0 Å². The zero-order chi connectivity index (χ0) is 28.4. The average Bonchev–Trinajstić information content (AvgIpc) is 3.42. The molecule has 0 spiro atoms. The maximum absolute atomic E-state index is 13.8. The molecule has 1 N–H and O–H groups in total. The van der Waals surface area contributed by atoms with Gasteiger partial charge in [0.1, 0.15) is 5.82 Å². The Morgan fingerprint density at radius 1 is 1.05 bits per heavy atom. The van der Waals surface area contributed by atoms with Crippen LogP contribution >= 0.6 is 0 Å². The van der Waals surface area contributed by atoms with Crippen LogP contribution in [0.5, 0.6) is 17.4 Å². The SMILES string of the molecule is CCCCc1nc(=O)c(S(=O)(=O)c2ccc(-c3cccnc3C)cc2)c(O)n1C(CC)c1ccc2c(c1)OCO2. The number of pyridine rings is 1. The molecule has 0 saturated heterocycles. The van der Waals surface area contributed by atoms with Gasteiger partial charge in [-0.3, -0.25) is 14.3 Å². The van der Waals surface area contributed by atoms with Gasteiger partial charge in [0, 0.05) is 23.9 Å². The first-order chi connectivity index (χ1) is 19.3. The zero-order valence-electron chi connectivity index (χ0n) is 22.6. The van der Waals surface area contributed by atoms with Crippen molar-refractivity contribution in [1.82, 2.24) is 14.5 Å². The molecule has 0 amide bonds. The molecule has 1 unspecified atom stereocenters. The minimum absolute atomic E-state index is 0.115. The van der Waals surface area contributed by atoms with Crippen molar-refractivity contribution >= 4 is 9.84 Å². The Labute approximate surface area is 233 Å². The number of benzene rings is 2. The van der Waals surface area contributed by atoms with E-state index in [9.17, 15) is 18.3 Å². The van der Waals surface area contributed by atoms with Gasteiger partial charge >= 0.3 is 0 Å². The highest BCUT2D eigenvalue weighted by Crippen LogP contribution is 2.38. The van der Waals surface area contributed by atoms with E-state index in [0.717, 1.165) is 28.8 Å². The summed E-state index contributed by atoms with van der Waals surface area (Å²) in [4.78, 5) is 20.9. The average molecular weight is 562 g/mol. The van der Waals surface area contributed by atoms with E-state index in [-0.39, 0.29) is 11.7 Å². The van der Waals surface area contributed by atoms with E-state index < -0.39 is 32.2 Å². The van der Waals surface area contributed by atoms with Crippen molar-refractivity contribution < 1.29 is 23.0 Å². The molecular formula is C30H31N3O6S. The van der Waals surface area contributed by atoms with E-state index in [1.807, 2.05) is 45.0 Å². The third-order valence-electron chi connectivity index (χ3n) is 7.12. The van der Waals surface area contributed by atoms with Crippen LogP contribution in [0.15, 0.2) is 75.4 Å². The molecule has 9 nitrogen and oxygen atoms in total. The van der Waals surface area contributed by atoms with Crippen molar-refractivity contribution in [3.63, 3.8) is 0 Å². The minimum Gasteiger partial charge on any atom is -0.493 e. The zero-order valence-corrected chi connectivity index (χ0v) is 23.4. The van der Waals surface area contributed by atoms with Gasteiger partial charge in [-0.05, 0) is 61.2 Å². The number of fused-ring (bicyclic) bond motifs is 1. The number of nitrogens with zero attached hydrogens (tertiary/aromatic N) is 3. The monoisotopic (exact) mass is 561 g/mol. The van der Waals surface area contributed by atoms with Crippen molar-refractivity contribution in [2.75, 3.05) is 6.79 Å². The number of hydrogen-bond donors (Lipinski definition) is 1. The Morgan fingerprint density at radius 3 is 2.50 bits per heavy atom. The van der Waals surface area contributed by atoms with Crippen LogP contribution in [0.3, 0.4) is 0 Å². The van der Waals surface area contributed by atoms with Crippen molar-refractivity contribution in [3.05, 3.63) is 88.2 Å². The maximum atomic E-state index is 13.8. The van der Waals surface area contributed by atoms with Gasteiger partial charge in [0.25, 0.3) is 5.56 Å². The molecule has 5 rings (SSSR count). The number of rotatable bonds is 9. The molecule has 0 radical (unpaired) electrons. The summed E-state index contributed by atoms with van der Waals surface area (Å²) >= 11 is 0. The Balaban J connectivity index is 1.63. The third kappa shape index (κ3) is 4.95. The standard InChI is InChI=1S/C30H31N3O6S/c1-4-6-9-27-32-29(34)28(30(35)33(27)24(5-2)21-12-15-25-26(17-21)39-18-38-25)40(36,37)22-13-10-20(11-14-22)23-8-7-16-31-19(23)3/h7-8,10-17,24,35H,4-6,9,18H2,1-3H3. The number of aromatic hydroxyl groups is 1. The first kappa shape index (κ1) is 27.4. The molecule has 0 aliphatic carbocycles. The second kappa shape index (κ2) is 11.1. The second-order valence-electron chi connectivity index (χ2n) is 9.66. The van der Waals surface area contributed by atoms with E-state index in [0.29, 0.717) is 36.6 Å². The topological polar surface area (TPSA) is 121 Å². The minimum atomic E-state index is -4.41. The lowest BCUT2D eigenvalue weighted by Crippen LogP contribution is -2.27. The fraction of sp³-hybridized carbons (Fsp3) is 0.300. The molecular weight excluding hydrogens is 530 g/mol. The van der Waals surface area contributed by atoms with Crippen LogP contribution in [0.2, 0.25) is 0 Å². The number of aryl methyl sites for hydroxylation is 2. The van der Waals surface area contributed by atoms with Crippen LogP contribution in [-0.4, -0.2) is 34.9 Å². The summed E-state index contributed by atoms with van der Waals surface area (Å²) in [6.45, 7) is 5.91. The van der Waals surface area contributed by atoms with E-state index in [4.69, 9.17) is 9.47 Å². The van der Waals surface area contributed by atoms with Crippen LogP contribution in [0.4, 0.5) is 0 Å². The van der Waals surface area contributed by atoms with Crippen LogP contribution in [0.25, 0.3) is 11.1 Å². The highest BCUT2D eigenvalue weighted by Gasteiger charge is 2.32. The molecule has 2 aromatic carbocycles. The summed E-state index contributed by atoms with van der Waals surface area (Å²) in [7, 11) is -4.41. The number of unbranched alkanes of at least 4 members (excludes halogenated alkanes) is 1. The van der Waals surface area contributed by atoms with Gasteiger partial charge in [0.05, 0.1) is 10.9 Å². The van der Waals surface area contributed by atoms with Gasteiger partial charge in [0.2, 0.25) is 22.5 Å². The molecule has 1 aliphatic heterocycles. The quantitative estimate of drug-likeness (QED) is 0.295. The molecule has 1 aliphatic rings. The number of sulfone groups is 1. The summed E-state index contributed by atoms with van der Waals surface area (Å²) in [5.74, 6) is 0.884. The molecule has 40 heavy (non-hydrogen) atoms. The molecule has 0 saturated carbocycles. The number of hydrogen-bond acceptors (Lipinski definition) is 8. The second-order valence-corrected chi connectivity index (χ2v) is 11.5. The molecule has 4 aromatic rings. The van der Waals surface area contributed by atoms with Gasteiger partial charge < -0.3 is 14.6 Å². The summed E-state index contributed by atoms with van der Waals surface area (Å²) in [5.41, 5.74) is 2.25. The normalized spacial score (nSPS) is 13.4. The third-order valence-corrected chi connectivity index (χ3v) is 8.91. The van der Waals surface area contributed by atoms with Crippen LogP contribution in [0, 0.1) is 6.92 Å². The lowest BCUT2D eigenvalue weighted by molar-refractivity contribution is 0.174. The number of aromatic nitrogens is 3. The summed E-state index contributed by atoms with van der Waals surface area (Å²) in [6, 6.07) is 14.8. The van der Waals surface area contributed by atoms with E-state index in [2.05, 4.69) is 9.97 Å². The van der Waals surface area contributed by atoms with Crippen molar-refractivity contribution in [2.45, 2.75) is 62.3 Å². The molecule has 2 aromatic heterocycles. The highest BCUT2D eigenvalue weighted by atomic mass is 32.2. The fourth-order valence-corrected chi connectivity index (χ4v) is 6.38.